The number of nitrogens with one attached hydrogen (secondary N) is 2. The van der Waals surface area contributed by atoms with Gasteiger partial charge in [0.05, 0.1) is 32.3 Å². The van der Waals surface area contributed by atoms with Crippen LogP contribution in [0.2, 0.25) is 0 Å². The zero-order chi connectivity index (χ0) is 34.6. The van der Waals surface area contributed by atoms with Crippen molar-refractivity contribution in [3.05, 3.63) is 101 Å². The van der Waals surface area contributed by atoms with Gasteiger partial charge in [0.1, 0.15) is 18.0 Å². The summed E-state index contributed by atoms with van der Waals surface area (Å²) in [6, 6.07) is 15.2. The first-order chi connectivity index (χ1) is 24.4. The summed E-state index contributed by atoms with van der Waals surface area (Å²) in [5, 5.41) is 18.5. The highest BCUT2D eigenvalue weighted by Gasteiger charge is 2.51. The SMILES string of the molecule is CCN1CC(=O)N2[C@@H](Cc3ccc(O)cc3)C(=O)N(CC3=CC=CC4NN(CCN5CCOCC5)C=C34)C[C@@H]2N1C(=O)NCc1ccccc1. The minimum atomic E-state index is -0.828. The topological polar surface area (TPSA) is 124 Å². The minimum absolute atomic E-state index is 0.00372. The lowest BCUT2D eigenvalue weighted by molar-refractivity contribution is -0.189. The molecule has 4 amide bonds. The third-order valence-corrected chi connectivity index (χ3v) is 10.1. The lowest BCUT2D eigenvalue weighted by atomic mass is 9.93. The third-order valence-electron chi connectivity index (χ3n) is 10.1. The molecule has 0 aromatic heterocycles. The van der Waals surface area contributed by atoms with Crippen LogP contribution in [0, 0.1) is 0 Å². The van der Waals surface area contributed by atoms with Crippen molar-refractivity contribution in [3.8, 4) is 5.75 Å². The fourth-order valence-corrected chi connectivity index (χ4v) is 7.41. The van der Waals surface area contributed by atoms with Crippen LogP contribution in [-0.2, 0) is 27.3 Å². The summed E-state index contributed by atoms with van der Waals surface area (Å²) in [5.41, 5.74) is 7.47. The largest absolute Gasteiger partial charge is 0.508 e. The second kappa shape index (κ2) is 15.1. The Balaban J connectivity index is 1.15. The molecule has 1 aliphatic carbocycles. The number of allylic oxidation sites excluding steroid dienone is 2. The number of nitrogens with zero attached hydrogens (tertiary/aromatic N) is 6. The van der Waals surface area contributed by atoms with E-state index in [1.54, 1.807) is 44.1 Å². The van der Waals surface area contributed by atoms with Gasteiger partial charge in [-0.15, -0.1) is 0 Å². The molecule has 2 aromatic rings. The number of urea groups is 1. The second-order valence-electron chi connectivity index (χ2n) is 13.3. The third kappa shape index (κ3) is 7.26. The first-order valence-electron chi connectivity index (χ1n) is 17.5. The molecule has 264 valence electrons. The van der Waals surface area contributed by atoms with E-state index in [-0.39, 0.29) is 49.1 Å². The lowest BCUT2D eigenvalue weighted by Gasteiger charge is -2.55. The molecule has 0 radical (unpaired) electrons. The van der Waals surface area contributed by atoms with E-state index in [1.807, 2.05) is 43.3 Å². The summed E-state index contributed by atoms with van der Waals surface area (Å²) < 4.78 is 5.50. The van der Waals surface area contributed by atoms with E-state index in [2.05, 4.69) is 39.0 Å². The van der Waals surface area contributed by atoms with Crippen molar-refractivity contribution in [2.45, 2.75) is 38.1 Å². The van der Waals surface area contributed by atoms with Crippen molar-refractivity contribution in [3.63, 3.8) is 0 Å². The average molecular weight is 683 g/mol. The van der Waals surface area contributed by atoms with Crippen LogP contribution in [0.1, 0.15) is 18.1 Å². The molecule has 5 aliphatic rings. The molecular formula is C37H46N8O5. The number of hydrazine groups is 2. The Hall–Kier alpha value is -4.69. The number of piperazine rings is 1. The summed E-state index contributed by atoms with van der Waals surface area (Å²) in [7, 11) is 0. The van der Waals surface area contributed by atoms with Crippen LogP contribution in [0.25, 0.3) is 0 Å². The number of morpholine rings is 1. The second-order valence-corrected chi connectivity index (χ2v) is 13.3. The molecular weight excluding hydrogens is 636 g/mol. The van der Waals surface area contributed by atoms with Gasteiger partial charge in [-0.25, -0.2) is 20.2 Å². The molecule has 13 nitrogen and oxygen atoms in total. The summed E-state index contributed by atoms with van der Waals surface area (Å²) >= 11 is 0. The molecule has 4 heterocycles. The number of phenols is 1. The minimum Gasteiger partial charge on any atom is -0.508 e. The van der Waals surface area contributed by atoms with Crippen LogP contribution in [0.5, 0.6) is 5.75 Å². The molecule has 3 atom stereocenters. The van der Waals surface area contributed by atoms with Gasteiger partial charge in [-0.1, -0.05) is 67.6 Å². The van der Waals surface area contributed by atoms with E-state index in [1.165, 1.54) is 0 Å². The monoisotopic (exact) mass is 682 g/mol. The van der Waals surface area contributed by atoms with Crippen LogP contribution in [0.4, 0.5) is 4.79 Å². The number of rotatable bonds is 10. The van der Waals surface area contributed by atoms with Crippen molar-refractivity contribution >= 4 is 17.8 Å². The van der Waals surface area contributed by atoms with Gasteiger partial charge in [-0.05, 0) is 34.4 Å². The maximum Gasteiger partial charge on any atom is 0.334 e. The molecule has 1 unspecified atom stereocenters. The number of hydrogen-bond acceptors (Lipinski definition) is 9. The van der Waals surface area contributed by atoms with E-state index < -0.39 is 12.2 Å². The smallest absolute Gasteiger partial charge is 0.334 e. The highest BCUT2D eigenvalue weighted by molar-refractivity contribution is 5.92. The molecule has 4 aliphatic heterocycles. The summed E-state index contributed by atoms with van der Waals surface area (Å²) in [4.78, 5) is 48.2. The molecule has 13 heteroatoms. The van der Waals surface area contributed by atoms with Crippen molar-refractivity contribution in [1.82, 2.24) is 40.5 Å². The van der Waals surface area contributed by atoms with Gasteiger partial charge in [0.25, 0.3) is 0 Å². The van der Waals surface area contributed by atoms with Crippen molar-refractivity contribution in [1.29, 1.82) is 0 Å². The zero-order valence-corrected chi connectivity index (χ0v) is 28.5. The number of benzene rings is 2. The van der Waals surface area contributed by atoms with Crippen molar-refractivity contribution in [2.24, 2.45) is 0 Å². The highest BCUT2D eigenvalue weighted by Crippen LogP contribution is 2.32. The molecule has 0 bridgehead atoms. The average Bonchev–Trinajstić information content (AvgIpc) is 3.57. The Kier molecular flexibility index (Phi) is 10.2. The Bertz CT molecular complexity index is 1640. The van der Waals surface area contributed by atoms with Crippen LogP contribution in [0.15, 0.2) is 90.2 Å². The number of amides is 4. The van der Waals surface area contributed by atoms with Gasteiger partial charge in [-0.3, -0.25) is 14.5 Å². The highest BCUT2D eigenvalue weighted by atomic mass is 16.5. The molecule has 7 rings (SSSR count). The number of likely N-dealkylation sites (N-methyl/N-ethyl adjacent to an activating group) is 1. The Labute approximate surface area is 293 Å². The standard InChI is InChI=1S/C37H46N8O5/c1-2-43-26-35(47)44-33(21-27-11-13-30(46)14-12-27)36(48)41(25-34(44)45(43)37(49)38-22-28-7-4-3-5-8-28)23-29-9-6-10-32-31(29)24-42(39-32)16-15-40-17-19-50-20-18-40/h3-14,24,32-34,39,46H,2,15-23,25-26H2,1H3,(H,38,49)/t32?,33-,34-/m0/s1. The van der Waals surface area contributed by atoms with Gasteiger partial charge >= 0.3 is 6.03 Å². The van der Waals surface area contributed by atoms with Crippen LogP contribution in [0.3, 0.4) is 0 Å². The Morgan fingerprint density at radius 2 is 1.80 bits per heavy atom. The maximum absolute atomic E-state index is 14.5. The molecule has 50 heavy (non-hydrogen) atoms. The Morgan fingerprint density at radius 1 is 1.02 bits per heavy atom. The number of fused-ring (bicyclic) bond motifs is 2. The van der Waals surface area contributed by atoms with Crippen molar-refractivity contribution in [2.75, 3.05) is 65.6 Å². The summed E-state index contributed by atoms with van der Waals surface area (Å²) in [6.45, 7) is 8.30. The number of hydrogen-bond donors (Lipinski definition) is 3. The fourth-order valence-electron chi connectivity index (χ4n) is 7.41. The fraction of sp³-hybridized carbons (Fsp3) is 0.432. The maximum atomic E-state index is 14.5. The number of ether oxygens (including phenoxy) is 1. The van der Waals surface area contributed by atoms with Gasteiger partial charge in [-0.2, -0.15) is 0 Å². The predicted molar refractivity (Wildman–Crippen MR) is 187 cm³/mol. The van der Waals surface area contributed by atoms with Gasteiger partial charge in [0, 0.05) is 58.4 Å². The first-order valence-corrected chi connectivity index (χ1v) is 17.5. The number of aromatic hydroxyl groups is 1. The van der Waals surface area contributed by atoms with E-state index in [9.17, 15) is 19.5 Å². The molecule has 3 N–H and O–H groups in total. The quantitative estimate of drug-likeness (QED) is 0.344. The van der Waals surface area contributed by atoms with Gasteiger partial charge < -0.3 is 30.0 Å². The molecule has 3 saturated heterocycles. The number of carbonyl (C=O) groups excluding carboxylic acids is 3. The molecule has 0 spiro atoms. The molecule has 3 fully saturated rings. The van der Waals surface area contributed by atoms with E-state index in [0.717, 1.165) is 61.7 Å². The normalized spacial score (nSPS) is 24.2. The van der Waals surface area contributed by atoms with Gasteiger partial charge in [0.15, 0.2) is 0 Å². The molecule has 2 aromatic carbocycles. The van der Waals surface area contributed by atoms with Crippen LogP contribution >= 0.6 is 0 Å². The summed E-state index contributed by atoms with van der Waals surface area (Å²) in [6.07, 6.45) is 7.89. The summed E-state index contributed by atoms with van der Waals surface area (Å²) in [5.74, 6) is -0.236. The van der Waals surface area contributed by atoms with E-state index >= 15 is 0 Å². The van der Waals surface area contributed by atoms with Crippen LogP contribution < -0.4 is 10.7 Å². The van der Waals surface area contributed by atoms with E-state index in [0.29, 0.717) is 19.6 Å². The molecule has 0 saturated carbocycles. The van der Waals surface area contributed by atoms with Gasteiger partial charge in [0.2, 0.25) is 11.8 Å². The zero-order valence-electron chi connectivity index (χ0n) is 28.5. The van der Waals surface area contributed by atoms with Crippen LogP contribution in [-0.4, -0.2) is 136 Å². The first kappa shape index (κ1) is 33.8. The van der Waals surface area contributed by atoms with E-state index in [4.69, 9.17) is 4.74 Å². The number of carbonyl (C=O) groups is 3. The van der Waals surface area contributed by atoms with Crippen molar-refractivity contribution < 1.29 is 24.2 Å². The lowest BCUT2D eigenvalue weighted by Crippen LogP contribution is -2.76. The predicted octanol–water partition coefficient (Wildman–Crippen LogP) is 1.66. The number of phenolic OH excluding ortho intramolecular Hbond substituents is 1. The Morgan fingerprint density at radius 3 is 2.56 bits per heavy atom.